The van der Waals surface area contributed by atoms with Crippen LogP contribution in [0.3, 0.4) is 0 Å². The van der Waals surface area contributed by atoms with Crippen molar-refractivity contribution in [2.75, 3.05) is 26.1 Å². The quantitative estimate of drug-likeness (QED) is 0.241. The minimum atomic E-state index is -0.564. The number of nitrogens with zero attached hydrogens (tertiary/aromatic N) is 1. The Morgan fingerprint density at radius 3 is 2.55 bits per heavy atom. The Labute approximate surface area is 187 Å². The van der Waals surface area contributed by atoms with Gasteiger partial charge in [0.05, 0.1) is 24.9 Å². The number of para-hydroxylation sites is 1. The Hall–Kier alpha value is -3.40. The van der Waals surface area contributed by atoms with Crippen molar-refractivity contribution in [3.63, 3.8) is 0 Å². The predicted octanol–water partition coefficient (Wildman–Crippen LogP) is 2.80. The lowest BCUT2D eigenvalue weighted by atomic mass is 10.2. The van der Waals surface area contributed by atoms with Crippen molar-refractivity contribution in [3.8, 4) is 11.5 Å². The maximum Gasteiger partial charge on any atom is 0.343 e. The summed E-state index contributed by atoms with van der Waals surface area (Å²) >= 11 is 3.34. The van der Waals surface area contributed by atoms with Gasteiger partial charge in [0, 0.05) is 5.69 Å². The highest BCUT2D eigenvalue weighted by Crippen LogP contribution is 2.36. The van der Waals surface area contributed by atoms with Gasteiger partial charge in [0.2, 0.25) is 11.8 Å². The van der Waals surface area contributed by atoms with E-state index in [4.69, 9.17) is 9.47 Å². The van der Waals surface area contributed by atoms with Crippen LogP contribution in [0.15, 0.2) is 46.0 Å². The molecule has 0 radical (unpaired) electrons. The minimum absolute atomic E-state index is 0.278. The number of hydrogen-bond acceptors (Lipinski definition) is 7. The van der Waals surface area contributed by atoms with Gasteiger partial charge >= 0.3 is 5.97 Å². The lowest BCUT2D eigenvalue weighted by Gasteiger charge is -2.12. The van der Waals surface area contributed by atoms with E-state index in [-0.39, 0.29) is 13.0 Å². The Morgan fingerprint density at radius 2 is 1.87 bits per heavy atom. The third kappa shape index (κ3) is 7.41. The summed E-state index contributed by atoms with van der Waals surface area (Å²) in [7, 11) is 2.71. The topological polar surface area (TPSA) is 115 Å². The summed E-state index contributed by atoms with van der Waals surface area (Å²) in [5.41, 5.74) is 4.43. The summed E-state index contributed by atoms with van der Waals surface area (Å²) in [5.74, 6) is -0.871. The molecule has 2 rings (SSSR count). The molecule has 2 amide bonds. The summed E-state index contributed by atoms with van der Waals surface area (Å²) in [5, 5.41) is 6.54. The first-order valence-electron chi connectivity index (χ1n) is 9.08. The average molecular weight is 492 g/mol. The Balaban J connectivity index is 1.94. The molecule has 2 aromatic carbocycles. The number of hydrazone groups is 1. The average Bonchev–Trinajstić information content (AvgIpc) is 2.73. The number of amides is 2. The fourth-order valence-electron chi connectivity index (χ4n) is 2.42. The van der Waals surface area contributed by atoms with Gasteiger partial charge in [-0.1, -0.05) is 18.2 Å². The molecule has 0 saturated heterocycles. The van der Waals surface area contributed by atoms with Gasteiger partial charge in [-0.15, -0.1) is 0 Å². The van der Waals surface area contributed by atoms with Crippen LogP contribution in [0.5, 0.6) is 11.5 Å². The number of carbonyl (C=O) groups is 3. The van der Waals surface area contributed by atoms with Crippen LogP contribution in [0, 0.1) is 6.92 Å². The zero-order chi connectivity index (χ0) is 22.8. The summed E-state index contributed by atoms with van der Waals surface area (Å²) < 4.78 is 15.7. The molecule has 0 unspecified atom stereocenters. The summed E-state index contributed by atoms with van der Waals surface area (Å²) in [6, 6.07) is 10.5. The van der Waals surface area contributed by atoms with Crippen molar-refractivity contribution in [1.82, 2.24) is 5.43 Å². The van der Waals surface area contributed by atoms with E-state index in [1.54, 1.807) is 24.3 Å². The third-order valence-electron chi connectivity index (χ3n) is 3.96. The molecule has 0 atom stereocenters. The highest BCUT2D eigenvalue weighted by molar-refractivity contribution is 9.10. The number of carbonyl (C=O) groups excluding carboxylic acids is 3. The number of hydrogen-bond donors (Lipinski definition) is 2. The first-order valence-corrected chi connectivity index (χ1v) is 9.88. The molecule has 0 fully saturated rings. The van der Waals surface area contributed by atoms with E-state index in [0.29, 0.717) is 27.2 Å². The van der Waals surface area contributed by atoms with Gasteiger partial charge < -0.3 is 19.5 Å². The zero-order valence-electron chi connectivity index (χ0n) is 17.2. The Kier molecular flexibility index (Phi) is 9.01. The molecule has 0 aliphatic heterocycles. The van der Waals surface area contributed by atoms with E-state index in [9.17, 15) is 14.4 Å². The molecule has 31 heavy (non-hydrogen) atoms. The minimum Gasteiger partial charge on any atom is -0.493 e. The first-order chi connectivity index (χ1) is 14.8. The summed E-state index contributed by atoms with van der Waals surface area (Å²) in [6.45, 7) is 1.58. The van der Waals surface area contributed by atoms with E-state index in [0.717, 1.165) is 5.56 Å². The third-order valence-corrected chi connectivity index (χ3v) is 4.55. The molecule has 0 bridgehead atoms. The second-order valence-electron chi connectivity index (χ2n) is 6.23. The highest BCUT2D eigenvalue weighted by atomic mass is 79.9. The van der Waals surface area contributed by atoms with Crippen molar-refractivity contribution in [3.05, 3.63) is 52.0 Å². The molecule has 0 aromatic heterocycles. The van der Waals surface area contributed by atoms with E-state index in [2.05, 4.69) is 36.5 Å². The van der Waals surface area contributed by atoms with Crippen LogP contribution in [0.25, 0.3) is 0 Å². The van der Waals surface area contributed by atoms with Gasteiger partial charge in [0.15, 0.2) is 18.1 Å². The fourth-order valence-corrected chi connectivity index (χ4v) is 2.99. The number of halogens is 1. The second-order valence-corrected chi connectivity index (χ2v) is 7.09. The molecule has 0 saturated carbocycles. The summed E-state index contributed by atoms with van der Waals surface area (Å²) in [4.78, 5) is 35.2. The molecular weight excluding hydrogens is 470 g/mol. The number of methoxy groups -OCH3 is 2. The van der Waals surface area contributed by atoms with E-state index in [1.165, 1.54) is 20.4 Å². The van der Waals surface area contributed by atoms with Gasteiger partial charge in [-0.25, -0.2) is 10.2 Å². The van der Waals surface area contributed by atoms with E-state index < -0.39 is 17.8 Å². The Bertz CT molecular complexity index is 993. The molecule has 10 heteroatoms. The van der Waals surface area contributed by atoms with E-state index >= 15 is 0 Å². The van der Waals surface area contributed by atoms with Crippen LogP contribution in [-0.4, -0.2) is 44.8 Å². The number of rotatable bonds is 9. The van der Waals surface area contributed by atoms with Gasteiger partial charge in [-0.3, -0.25) is 9.59 Å². The maximum atomic E-state index is 12.0. The van der Waals surface area contributed by atoms with Gasteiger partial charge in [0.1, 0.15) is 6.42 Å². The molecule has 0 heterocycles. The van der Waals surface area contributed by atoms with Crippen LogP contribution >= 0.6 is 15.9 Å². The van der Waals surface area contributed by atoms with Gasteiger partial charge in [-0.2, -0.15) is 5.10 Å². The van der Waals surface area contributed by atoms with Crippen molar-refractivity contribution in [2.24, 2.45) is 5.10 Å². The van der Waals surface area contributed by atoms with Crippen molar-refractivity contribution >= 4 is 45.6 Å². The summed E-state index contributed by atoms with van der Waals surface area (Å²) in [6.07, 6.45) is 1.01. The highest BCUT2D eigenvalue weighted by Gasteiger charge is 2.14. The lowest BCUT2D eigenvalue weighted by molar-refractivity contribution is -0.143. The van der Waals surface area contributed by atoms with Crippen molar-refractivity contribution in [2.45, 2.75) is 13.3 Å². The lowest BCUT2D eigenvalue weighted by Crippen LogP contribution is -2.24. The SMILES string of the molecule is COC(=O)COc1c(Br)cc(C=NNC(=O)CC(=O)Nc2ccccc2C)cc1OC. The molecular formula is C21H22BrN3O6. The standard InChI is InChI=1S/C21H22BrN3O6/c1-13-6-4-5-7-16(13)24-18(26)10-19(27)25-23-11-14-8-15(22)21(17(9-14)29-2)31-12-20(28)30-3/h4-9,11H,10,12H2,1-3H3,(H,24,26)(H,25,27). The number of esters is 1. The van der Waals surface area contributed by atoms with Gasteiger partial charge in [0.25, 0.3) is 0 Å². The van der Waals surface area contributed by atoms with Crippen LogP contribution < -0.4 is 20.2 Å². The molecule has 0 aliphatic carbocycles. The molecule has 0 aliphatic rings. The number of nitrogens with one attached hydrogen (secondary N) is 2. The zero-order valence-corrected chi connectivity index (χ0v) is 18.8. The van der Waals surface area contributed by atoms with Crippen molar-refractivity contribution in [1.29, 1.82) is 0 Å². The van der Waals surface area contributed by atoms with Crippen LogP contribution in [0.4, 0.5) is 5.69 Å². The maximum absolute atomic E-state index is 12.0. The molecule has 2 N–H and O–H groups in total. The van der Waals surface area contributed by atoms with Crippen LogP contribution in [0.1, 0.15) is 17.5 Å². The second kappa shape index (κ2) is 11.7. The first kappa shape index (κ1) is 23.9. The van der Waals surface area contributed by atoms with E-state index in [1.807, 2.05) is 19.1 Å². The number of benzene rings is 2. The predicted molar refractivity (Wildman–Crippen MR) is 118 cm³/mol. The molecule has 2 aromatic rings. The van der Waals surface area contributed by atoms with Gasteiger partial charge in [-0.05, 0) is 52.2 Å². The molecule has 9 nitrogen and oxygen atoms in total. The molecule has 164 valence electrons. The molecule has 0 spiro atoms. The number of aryl methyl sites for hydroxylation is 1. The normalized spacial score (nSPS) is 10.5. The van der Waals surface area contributed by atoms with Crippen molar-refractivity contribution < 1.29 is 28.6 Å². The fraction of sp³-hybridized carbons (Fsp3) is 0.238. The monoisotopic (exact) mass is 491 g/mol. The van der Waals surface area contributed by atoms with Crippen LogP contribution in [-0.2, 0) is 19.1 Å². The Morgan fingerprint density at radius 1 is 1.13 bits per heavy atom. The number of ether oxygens (including phenoxy) is 3. The largest absolute Gasteiger partial charge is 0.493 e. The van der Waals surface area contributed by atoms with Crippen LogP contribution in [0.2, 0.25) is 0 Å². The number of anilines is 1. The smallest absolute Gasteiger partial charge is 0.343 e.